The molecule has 1 saturated heterocycles. The highest BCUT2D eigenvalue weighted by Crippen LogP contribution is 2.30. The van der Waals surface area contributed by atoms with Crippen molar-refractivity contribution in [2.24, 2.45) is 0 Å². The lowest BCUT2D eigenvalue weighted by Crippen LogP contribution is -2.33. The first-order valence-corrected chi connectivity index (χ1v) is 8.30. The number of furan rings is 1. The molecule has 3 rings (SSSR count). The number of methoxy groups -OCH3 is 1. The Hall–Kier alpha value is -1.62. The second kappa shape index (κ2) is 6.02. The first-order valence-electron chi connectivity index (χ1n) is 7.15. The molecule has 0 radical (unpaired) electrons. The molecular weight excluding hydrogens is 286 g/mol. The number of fused-ring (bicyclic) bond motifs is 1. The molecule has 1 aromatic heterocycles. The SMILES string of the molecule is COc1ccc2oc(C)c(C(=O)N3CCCSCC3)c2c1. The van der Waals surface area contributed by atoms with Crippen LogP contribution >= 0.6 is 11.8 Å². The molecule has 5 heteroatoms. The van der Waals surface area contributed by atoms with E-state index in [1.54, 1.807) is 7.11 Å². The van der Waals surface area contributed by atoms with Gasteiger partial charge in [0, 0.05) is 24.2 Å². The van der Waals surface area contributed by atoms with Crippen molar-refractivity contribution in [1.29, 1.82) is 0 Å². The zero-order valence-corrected chi connectivity index (χ0v) is 13.2. The van der Waals surface area contributed by atoms with Crippen molar-refractivity contribution < 1.29 is 13.9 Å². The zero-order chi connectivity index (χ0) is 14.8. The van der Waals surface area contributed by atoms with Crippen LogP contribution in [0.2, 0.25) is 0 Å². The van der Waals surface area contributed by atoms with Gasteiger partial charge in [0.2, 0.25) is 0 Å². The Kier molecular flexibility index (Phi) is 4.10. The van der Waals surface area contributed by atoms with Crippen LogP contribution in [0, 0.1) is 6.92 Å². The minimum Gasteiger partial charge on any atom is -0.497 e. The van der Waals surface area contributed by atoms with Crippen LogP contribution in [-0.4, -0.2) is 42.5 Å². The van der Waals surface area contributed by atoms with E-state index in [0.29, 0.717) is 11.3 Å². The van der Waals surface area contributed by atoms with Gasteiger partial charge in [-0.1, -0.05) is 0 Å². The molecule has 0 aliphatic carbocycles. The van der Waals surface area contributed by atoms with E-state index < -0.39 is 0 Å². The van der Waals surface area contributed by atoms with Crippen LogP contribution in [0.25, 0.3) is 11.0 Å². The molecule has 0 N–H and O–H groups in total. The van der Waals surface area contributed by atoms with Gasteiger partial charge in [0.25, 0.3) is 5.91 Å². The Balaban J connectivity index is 2.01. The number of benzene rings is 1. The second-order valence-electron chi connectivity index (χ2n) is 5.15. The van der Waals surface area contributed by atoms with Crippen LogP contribution in [-0.2, 0) is 0 Å². The first-order chi connectivity index (χ1) is 10.2. The quantitative estimate of drug-likeness (QED) is 0.853. The van der Waals surface area contributed by atoms with Crippen molar-refractivity contribution in [3.8, 4) is 5.75 Å². The van der Waals surface area contributed by atoms with E-state index in [1.165, 1.54) is 0 Å². The minimum atomic E-state index is 0.0713. The molecule has 21 heavy (non-hydrogen) atoms. The lowest BCUT2D eigenvalue weighted by atomic mass is 10.1. The van der Waals surface area contributed by atoms with Gasteiger partial charge in [-0.25, -0.2) is 0 Å². The Bertz CT molecular complexity index is 657. The van der Waals surface area contributed by atoms with E-state index in [9.17, 15) is 4.79 Å². The largest absolute Gasteiger partial charge is 0.497 e. The maximum absolute atomic E-state index is 12.9. The molecule has 2 aromatic rings. The molecule has 1 fully saturated rings. The number of nitrogens with zero attached hydrogens (tertiary/aromatic N) is 1. The van der Waals surface area contributed by atoms with Crippen LogP contribution in [0.1, 0.15) is 22.5 Å². The molecule has 0 saturated carbocycles. The van der Waals surface area contributed by atoms with Crippen LogP contribution in [0.5, 0.6) is 5.75 Å². The van der Waals surface area contributed by atoms with Crippen molar-refractivity contribution in [2.45, 2.75) is 13.3 Å². The van der Waals surface area contributed by atoms with E-state index in [4.69, 9.17) is 9.15 Å². The predicted octanol–water partition coefficient (Wildman–Crippen LogP) is 3.33. The van der Waals surface area contributed by atoms with E-state index in [0.717, 1.165) is 47.7 Å². The van der Waals surface area contributed by atoms with Crippen molar-refractivity contribution >= 4 is 28.6 Å². The Morgan fingerprint density at radius 1 is 1.33 bits per heavy atom. The highest BCUT2D eigenvalue weighted by atomic mass is 32.2. The number of aryl methyl sites for hydroxylation is 1. The third-order valence-corrected chi connectivity index (χ3v) is 4.84. The summed E-state index contributed by atoms with van der Waals surface area (Å²) in [6.45, 7) is 3.48. The molecule has 1 amide bonds. The van der Waals surface area contributed by atoms with E-state index in [2.05, 4.69) is 0 Å². The van der Waals surface area contributed by atoms with Gasteiger partial charge in [-0.05, 0) is 37.3 Å². The molecule has 1 aromatic carbocycles. The van der Waals surface area contributed by atoms with Gasteiger partial charge in [0.05, 0.1) is 12.7 Å². The smallest absolute Gasteiger partial charge is 0.258 e. The third kappa shape index (κ3) is 2.75. The molecule has 0 spiro atoms. The van der Waals surface area contributed by atoms with Crippen LogP contribution in [0.3, 0.4) is 0 Å². The zero-order valence-electron chi connectivity index (χ0n) is 12.3. The summed E-state index contributed by atoms with van der Waals surface area (Å²) in [5, 5.41) is 0.841. The molecule has 4 nitrogen and oxygen atoms in total. The molecule has 1 aliphatic rings. The van der Waals surface area contributed by atoms with E-state index >= 15 is 0 Å². The third-order valence-electron chi connectivity index (χ3n) is 3.79. The summed E-state index contributed by atoms with van der Waals surface area (Å²) >= 11 is 1.91. The topological polar surface area (TPSA) is 42.7 Å². The number of rotatable bonds is 2. The fraction of sp³-hybridized carbons (Fsp3) is 0.438. The summed E-state index contributed by atoms with van der Waals surface area (Å²) in [5.41, 5.74) is 1.41. The molecule has 0 bridgehead atoms. The second-order valence-corrected chi connectivity index (χ2v) is 6.38. The number of thioether (sulfide) groups is 1. The molecule has 112 valence electrons. The van der Waals surface area contributed by atoms with Gasteiger partial charge in [-0.2, -0.15) is 11.8 Å². The standard InChI is InChI=1S/C16H19NO3S/c1-11-15(16(18)17-6-3-8-21-9-7-17)13-10-12(19-2)4-5-14(13)20-11/h4-5,10H,3,6-9H2,1-2H3. The van der Waals surface area contributed by atoms with Gasteiger partial charge >= 0.3 is 0 Å². The van der Waals surface area contributed by atoms with Crippen LogP contribution < -0.4 is 4.74 Å². The number of carbonyl (C=O) groups excluding carboxylic acids is 1. The lowest BCUT2D eigenvalue weighted by molar-refractivity contribution is 0.0768. The summed E-state index contributed by atoms with van der Waals surface area (Å²) < 4.78 is 11.0. The van der Waals surface area contributed by atoms with Crippen LogP contribution in [0.15, 0.2) is 22.6 Å². The van der Waals surface area contributed by atoms with Gasteiger partial charge in [0.1, 0.15) is 17.1 Å². The first kappa shape index (κ1) is 14.3. The summed E-state index contributed by atoms with van der Waals surface area (Å²) in [7, 11) is 1.63. The summed E-state index contributed by atoms with van der Waals surface area (Å²) in [6, 6.07) is 5.59. The van der Waals surface area contributed by atoms with Gasteiger partial charge < -0.3 is 14.1 Å². The lowest BCUT2D eigenvalue weighted by Gasteiger charge is -2.19. The normalized spacial score (nSPS) is 16.0. The predicted molar refractivity (Wildman–Crippen MR) is 85.3 cm³/mol. The highest BCUT2D eigenvalue weighted by molar-refractivity contribution is 7.99. The van der Waals surface area contributed by atoms with Gasteiger partial charge in [-0.15, -0.1) is 0 Å². The number of hydrogen-bond acceptors (Lipinski definition) is 4. The Labute approximate surface area is 128 Å². The van der Waals surface area contributed by atoms with E-state index in [-0.39, 0.29) is 5.91 Å². The van der Waals surface area contributed by atoms with Crippen molar-refractivity contribution in [1.82, 2.24) is 4.90 Å². The van der Waals surface area contributed by atoms with Gasteiger partial charge in [-0.3, -0.25) is 4.79 Å². The van der Waals surface area contributed by atoms with E-state index in [1.807, 2.05) is 41.8 Å². The van der Waals surface area contributed by atoms with Crippen molar-refractivity contribution in [3.63, 3.8) is 0 Å². The Morgan fingerprint density at radius 3 is 3.00 bits per heavy atom. The highest BCUT2D eigenvalue weighted by Gasteiger charge is 2.24. The Morgan fingerprint density at radius 2 is 2.19 bits per heavy atom. The monoisotopic (exact) mass is 305 g/mol. The molecule has 1 aliphatic heterocycles. The number of carbonyl (C=O) groups is 1. The number of ether oxygens (including phenoxy) is 1. The summed E-state index contributed by atoms with van der Waals surface area (Å²) in [4.78, 5) is 14.8. The maximum Gasteiger partial charge on any atom is 0.258 e. The summed E-state index contributed by atoms with van der Waals surface area (Å²) in [6.07, 6.45) is 1.05. The van der Waals surface area contributed by atoms with Crippen molar-refractivity contribution in [3.05, 3.63) is 29.5 Å². The fourth-order valence-corrected chi connectivity index (χ4v) is 3.59. The average molecular weight is 305 g/mol. The number of hydrogen-bond donors (Lipinski definition) is 0. The molecule has 0 atom stereocenters. The molecule has 0 unspecified atom stereocenters. The maximum atomic E-state index is 12.9. The fourth-order valence-electron chi connectivity index (χ4n) is 2.70. The molecular formula is C16H19NO3S. The van der Waals surface area contributed by atoms with Crippen molar-refractivity contribution in [2.75, 3.05) is 31.7 Å². The molecule has 2 heterocycles. The van der Waals surface area contributed by atoms with Crippen LogP contribution in [0.4, 0.5) is 0 Å². The number of amides is 1. The summed E-state index contributed by atoms with van der Waals surface area (Å²) in [5.74, 6) is 3.62. The van der Waals surface area contributed by atoms with Gasteiger partial charge in [0.15, 0.2) is 0 Å². The minimum absolute atomic E-state index is 0.0713. The average Bonchev–Trinajstić information content (AvgIpc) is 2.68.